The Balaban J connectivity index is 1.05. The molecule has 7 heterocycles. The number of carbonyl (C=O) groups excluding carboxylic acids is 2. The fourth-order valence-corrected chi connectivity index (χ4v) is 7.93. The Morgan fingerprint density at radius 3 is 2.50 bits per heavy atom. The van der Waals surface area contributed by atoms with Gasteiger partial charge in [0.2, 0.25) is 5.91 Å². The van der Waals surface area contributed by atoms with E-state index in [-0.39, 0.29) is 23.7 Å². The molecule has 2 atom stereocenters. The van der Waals surface area contributed by atoms with Gasteiger partial charge in [0.05, 0.1) is 5.52 Å². The molecule has 12 heteroatoms. The average Bonchev–Trinajstić information content (AvgIpc) is 3.73. The maximum absolute atomic E-state index is 12.9. The Kier molecular flexibility index (Phi) is 8.68. The highest BCUT2D eigenvalue weighted by atomic mass is 16.6. The van der Waals surface area contributed by atoms with Crippen LogP contribution in [-0.2, 0) is 14.3 Å². The summed E-state index contributed by atoms with van der Waals surface area (Å²) in [6.07, 6.45) is 9.51. The second kappa shape index (κ2) is 13.2. The van der Waals surface area contributed by atoms with E-state index < -0.39 is 11.7 Å². The summed E-state index contributed by atoms with van der Waals surface area (Å²) in [5, 5.41) is 6.93. The molecule has 4 aromatic heterocycles. The van der Waals surface area contributed by atoms with Gasteiger partial charge < -0.3 is 24.0 Å². The van der Waals surface area contributed by atoms with Crippen molar-refractivity contribution >= 4 is 39.8 Å². The number of hydrogen-bond acceptors (Lipinski definition) is 9. The highest BCUT2D eigenvalue weighted by molar-refractivity contribution is 5.94. The van der Waals surface area contributed by atoms with E-state index in [0.29, 0.717) is 11.4 Å². The normalized spacial score (nSPS) is 19.5. The number of fused-ring (bicyclic) bond motifs is 2. The van der Waals surface area contributed by atoms with E-state index in [1.54, 1.807) is 19.3 Å². The number of piperidine rings is 1. The Labute approximate surface area is 303 Å². The first kappa shape index (κ1) is 34.1. The molecule has 0 saturated carbocycles. The summed E-state index contributed by atoms with van der Waals surface area (Å²) in [7, 11) is 0. The Hall–Kier alpha value is -4.97. The molecular weight excluding hydrogens is 658 g/mol. The zero-order valence-corrected chi connectivity index (χ0v) is 30.7. The molecule has 2 unspecified atom stereocenters. The van der Waals surface area contributed by atoms with Crippen LogP contribution in [0, 0.1) is 5.41 Å². The van der Waals surface area contributed by atoms with Crippen molar-refractivity contribution in [1.29, 1.82) is 0 Å². The van der Waals surface area contributed by atoms with Crippen molar-refractivity contribution < 1.29 is 23.8 Å². The van der Waals surface area contributed by atoms with Gasteiger partial charge in [-0.2, -0.15) is 5.10 Å². The molecule has 52 heavy (non-hydrogen) atoms. The van der Waals surface area contributed by atoms with Crippen LogP contribution in [0.5, 0.6) is 5.75 Å². The molecule has 0 radical (unpaired) electrons. The second-order valence-corrected chi connectivity index (χ2v) is 15.6. The number of benzene rings is 1. The SMILES string of the molecule is CC(=O)N1CCC2(CC1)CN(c1ccc(-c3nn(C4CCCCO4)c4ccc(OC(C)c5ccnc6c5ccn6C(=O)OC(C)(C)C)cc34)cn1)C2. The highest BCUT2D eigenvalue weighted by Crippen LogP contribution is 2.43. The predicted molar refractivity (Wildman–Crippen MR) is 198 cm³/mol. The molecule has 0 aliphatic carbocycles. The second-order valence-electron chi connectivity index (χ2n) is 15.6. The minimum Gasteiger partial charge on any atom is -0.486 e. The molecule has 1 amide bonds. The van der Waals surface area contributed by atoms with Crippen molar-refractivity contribution in [3.63, 3.8) is 0 Å². The third-order valence-corrected chi connectivity index (χ3v) is 10.7. The summed E-state index contributed by atoms with van der Waals surface area (Å²) in [5.74, 6) is 1.84. The van der Waals surface area contributed by atoms with Crippen molar-refractivity contribution in [2.75, 3.05) is 37.7 Å². The van der Waals surface area contributed by atoms with Crippen molar-refractivity contribution in [1.82, 2.24) is 29.2 Å². The zero-order chi connectivity index (χ0) is 36.2. The number of rotatable bonds is 6. The van der Waals surface area contributed by atoms with Crippen LogP contribution in [0.3, 0.4) is 0 Å². The van der Waals surface area contributed by atoms with Gasteiger partial charge in [0, 0.05) is 85.6 Å². The van der Waals surface area contributed by atoms with Crippen LogP contribution in [-0.4, -0.2) is 79.6 Å². The lowest BCUT2D eigenvalue weighted by Crippen LogP contribution is -2.61. The molecule has 272 valence electrons. The van der Waals surface area contributed by atoms with E-state index in [1.165, 1.54) is 4.57 Å². The minimum absolute atomic E-state index is 0.131. The van der Waals surface area contributed by atoms with Crippen molar-refractivity contribution in [2.45, 2.75) is 84.7 Å². The number of nitrogens with zero attached hydrogens (tertiary/aromatic N) is 7. The van der Waals surface area contributed by atoms with Gasteiger partial charge >= 0.3 is 6.09 Å². The maximum Gasteiger partial charge on any atom is 0.420 e. The molecule has 12 nitrogen and oxygen atoms in total. The quantitative estimate of drug-likeness (QED) is 0.177. The maximum atomic E-state index is 12.9. The third kappa shape index (κ3) is 6.48. The van der Waals surface area contributed by atoms with E-state index >= 15 is 0 Å². The molecule has 5 aromatic rings. The lowest BCUT2D eigenvalue weighted by atomic mass is 9.72. The first-order chi connectivity index (χ1) is 25.0. The fraction of sp³-hybridized carbons (Fsp3) is 0.475. The van der Waals surface area contributed by atoms with E-state index in [1.807, 2.05) is 61.7 Å². The molecular formula is C40H47N7O5. The van der Waals surface area contributed by atoms with Crippen LogP contribution < -0.4 is 9.64 Å². The molecule has 0 N–H and O–H groups in total. The number of anilines is 1. The first-order valence-electron chi connectivity index (χ1n) is 18.4. The molecule has 1 spiro atoms. The summed E-state index contributed by atoms with van der Waals surface area (Å²) in [6.45, 7) is 13.5. The largest absolute Gasteiger partial charge is 0.486 e. The van der Waals surface area contributed by atoms with Crippen molar-refractivity contribution in [3.8, 4) is 17.0 Å². The Bertz CT molecular complexity index is 2110. The smallest absolute Gasteiger partial charge is 0.420 e. The lowest BCUT2D eigenvalue weighted by Gasteiger charge is -2.54. The van der Waals surface area contributed by atoms with Crippen LogP contribution in [0.15, 0.2) is 61.1 Å². The van der Waals surface area contributed by atoms with Crippen molar-refractivity contribution in [2.24, 2.45) is 5.41 Å². The molecule has 3 aliphatic heterocycles. The summed E-state index contributed by atoms with van der Waals surface area (Å²) in [6, 6.07) is 14.1. The monoisotopic (exact) mass is 705 g/mol. The number of ether oxygens (including phenoxy) is 3. The molecule has 0 bridgehead atoms. The standard InChI is InChI=1S/C40H47N7O5/c1-26(30-13-17-41-37-31(30)14-18-46(37)38(49)52-39(3,4)5)51-29-10-11-33-32(22-29)36(43-47(33)35-8-6-7-21-50-35)28-9-12-34(42-23-28)45-24-40(25-45)15-19-44(20-16-40)27(2)48/h9-14,17-18,22-23,26,35H,6-8,15-16,19-21,24-25H2,1-5H3. The van der Waals surface area contributed by atoms with Crippen LogP contribution >= 0.6 is 0 Å². The Morgan fingerprint density at radius 2 is 1.81 bits per heavy atom. The van der Waals surface area contributed by atoms with Crippen LogP contribution in [0.25, 0.3) is 33.2 Å². The summed E-state index contributed by atoms with van der Waals surface area (Å²) < 4.78 is 21.8. The summed E-state index contributed by atoms with van der Waals surface area (Å²) in [5.41, 5.74) is 3.83. The molecule has 1 aromatic carbocycles. The number of hydrogen-bond donors (Lipinski definition) is 0. The number of carbonyl (C=O) groups is 2. The third-order valence-electron chi connectivity index (χ3n) is 10.7. The predicted octanol–water partition coefficient (Wildman–Crippen LogP) is 7.52. The first-order valence-corrected chi connectivity index (χ1v) is 18.4. The highest BCUT2D eigenvalue weighted by Gasteiger charge is 2.45. The lowest BCUT2D eigenvalue weighted by molar-refractivity contribution is -0.131. The number of pyridine rings is 2. The molecule has 3 fully saturated rings. The summed E-state index contributed by atoms with van der Waals surface area (Å²) in [4.78, 5) is 38.4. The van der Waals surface area contributed by atoms with Crippen LogP contribution in [0.4, 0.5) is 10.6 Å². The van der Waals surface area contributed by atoms with E-state index in [9.17, 15) is 9.59 Å². The van der Waals surface area contributed by atoms with Crippen molar-refractivity contribution in [3.05, 3.63) is 66.6 Å². The number of aromatic nitrogens is 5. The minimum atomic E-state index is -0.622. The van der Waals surface area contributed by atoms with Gasteiger partial charge in [0.25, 0.3) is 0 Å². The van der Waals surface area contributed by atoms with Gasteiger partial charge in [-0.05, 0) is 102 Å². The van der Waals surface area contributed by atoms with Crippen LogP contribution in [0.2, 0.25) is 0 Å². The molecule has 8 rings (SSSR count). The fourth-order valence-electron chi connectivity index (χ4n) is 7.93. The van der Waals surface area contributed by atoms with Gasteiger partial charge in [0.1, 0.15) is 34.6 Å². The number of likely N-dealkylation sites (tertiary alicyclic amines) is 1. The van der Waals surface area contributed by atoms with Gasteiger partial charge in [0.15, 0.2) is 6.23 Å². The summed E-state index contributed by atoms with van der Waals surface area (Å²) >= 11 is 0. The number of amides is 1. The Morgan fingerprint density at radius 1 is 1.00 bits per heavy atom. The molecule has 3 aliphatic rings. The van der Waals surface area contributed by atoms with E-state index in [2.05, 4.69) is 34.1 Å². The van der Waals surface area contributed by atoms with E-state index in [0.717, 1.165) is 104 Å². The average molecular weight is 706 g/mol. The van der Waals surface area contributed by atoms with Gasteiger partial charge in [-0.1, -0.05) is 0 Å². The zero-order valence-electron chi connectivity index (χ0n) is 30.7. The topological polar surface area (TPSA) is 117 Å². The van der Waals surface area contributed by atoms with Gasteiger partial charge in [-0.15, -0.1) is 0 Å². The van der Waals surface area contributed by atoms with E-state index in [4.69, 9.17) is 24.3 Å². The molecule has 3 saturated heterocycles. The van der Waals surface area contributed by atoms with Gasteiger partial charge in [-0.3, -0.25) is 4.79 Å². The van der Waals surface area contributed by atoms with Crippen LogP contribution in [0.1, 0.15) is 84.6 Å². The van der Waals surface area contributed by atoms with Gasteiger partial charge in [-0.25, -0.2) is 24.0 Å².